The fourth-order valence-electron chi connectivity index (χ4n) is 3.14. The molecular weight excluding hydrogens is 586 g/mol. The third-order valence-electron chi connectivity index (χ3n) is 4.74. The Kier molecular flexibility index (Phi) is 6.53. The van der Waals surface area contributed by atoms with Crippen LogP contribution in [0.5, 0.6) is 0 Å². The zero-order valence-corrected chi connectivity index (χ0v) is 20.4. The van der Waals surface area contributed by atoms with Gasteiger partial charge in [0.1, 0.15) is 5.69 Å². The molecule has 1 amide bonds. The number of nitrogens with one attached hydrogen (secondary N) is 1. The van der Waals surface area contributed by atoms with Gasteiger partial charge in [0.25, 0.3) is 5.91 Å². The average Bonchev–Trinajstić information content (AvgIpc) is 3.32. The van der Waals surface area contributed by atoms with Gasteiger partial charge in [-0.3, -0.25) is 9.48 Å². The number of fused-ring (bicyclic) bond motifs is 1. The van der Waals surface area contributed by atoms with Crippen LogP contribution in [-0.2, 0) is 12.5 Å². The maximum absolute atomic E-state index is 14.1. The van der Waals surface area contributed by atoms with E-state index in [0.717, 1.165) is 11.6 Å². The number of hydrogen-bond acceptors (Lipinski definition) is 4. The Balaban J connectivity index is 1.61. The summed E-state index contributed by atoms with van der Waals surface area (Å²) >= 11 is 15.2. The van der Waals surface area contributed by atoms with Crippen LogP contribution in [0.4, 0.5) is 27.8 Å². The van der Waals surface area contributed by atoms with Crippen LogP contribution in [0.2, 0.25) is 10.0 Å². The number of nitrogens with zero attached hydrogens (tertiary/aromatic N) is 5. The van der Waals surface area contributed by atoms with Crippen molar-refractivity contribution in [1.82, 2.24) is 24.4 Å². The van der Waals surface area contributed by atoms with Gasteiger partial charge in [0.05, 0.1) is 21.1 Å². The monoisotopic (exact) mass is 596 g/mol. The topological polar surface area (TPSA) is 77.1 Å². The minimum atomic E-state index is -5.87. The second-order valence-corrected chi connectivity index (χ2v) is 9.05. The van der Waals surface area contributed by atoms with Gasteiger partial charge in [0.15, 0.2) is 17.2 Å². The van der Waals surface area contributed by atoms with Gasteiger partial charge in [-0.25, -0.2) is 9.50 Å². The molecule has 3 heterocycles. The van der Waals surface area contributed by atoms with Crippen molar-refractivity contribution in [2.45, 2.75) is 25.6 Å². The number of carbonyl (C=O) groups is 1. The number of anilines is 1. The van der Waals surface area contributed by atoms with E-state index in [1.165, 1.54) is 11.6 Å². The number of rotatable bonds is 5. The van der Waals surface area contributed by atoms with Crippen molar-refractivity contribution in [3.63, 3.8) is 0 Å². The average molecular weight is 598 g/mol. The molecule has 184 valence electrons. The Morgan fingerprint density at radius 3 is 2.46 bits per heavy atom. The molecule has 1 aromatic carbocycles. The molecule has 0 aliphatic rings. The summed E-state index contributed by atoms with van der Waals surface area (Å²) in [6, 6.07) is 6.57. The zero-order chi connectivity index (χ0) is 25.7. The summed E-state index contributed by atoms with van der Waals surface area (Å²) in [6.07, 6.45) is -4.30. The third-order valence-corrected chi connectivity index (χ3v) is 6.06. The maximum atomic E-state index is 14.1. The predicted octanol–water partition coefficient (Wildman–Crippen LogP) is 6.26. The first-order valence-corrected chi connectivity index (χ1v) is 11.1. The molecule has 4 rings (SSSR count). The SMILES string of the molecule is Cc1cc(C(F)(F)C(F)(F)F)n2nc(C(=O)Nc3nn(Cc4ccc(Cl)c(Cl)c4)cc3Br)cc2n1. The van der Waals surface area contributed by atoms with E-state index < -0.39 is 29.4 Å². The molecule has 0 unspecified atom stereocenters. The summed E-state index contributed by atoms with van der Waals surface area (Å²) in [4.78, 5) is 16.6. The predicted molar refractivity (Wildman–Crippen MR) is 121 cm³/mol. The fraction of sp³-hybridized carbons (Fsp3) is 0.200. The summed E-state index contributed by atoms with van der Waals surface area (Å²) in [5.41, 5.74) is -1.58. The van der Waals surface area contributed by atoms with Crippen LogP contribution >= 0.6 is 39.1 Å². The van der Waals surface area contributed by atoms with Crippen molar-refractivity contribution < 1.29 is 26.7 Å². The van der Waals surface area contributed by atoms with Crippen LogP contribution in [-0.4, -0.2) is 36.5 Å². The van der Waals surface area contributed by atoms with E-state index in [4.69, 9.17) is 23.2 Å². The number of aromatic nitrogens is 5. The molecule has 4 aromatic rings. The number of hydrogen-bond donors (Lipinski definition) is 1. The summed E-state index contributed by atoms with van der Waals surface area (Å²) in [6.45, 7) is 1.53. The largest absolute Gasteiger partial charge is 0.459 e. The molecule has 1 N–H and O–H groups in total. The Morgan fingerprint density at radius 1 is 1.09 bits per heavy atom. The van der Waals surface area contributed by atoms with E-state index in [9.17, 15) is 26.7 Å². The molecule has 0 radical (unpaired) electrons. The second kappa shape index (κ2) is 9.03. The quantitative estimate of drug-likeness (QED) is 0.276. The number of carbonyl (C=O) groups excluding carboxylic acids is 1. The van der Waals surface area contributed by atoms with E-state index in [1.54, 1.807) is 24.4 Å². The molecule has 15 heteroatoms. The van der Waals surface area contributed by atoms with Crippen molar-refractivity contribution in [2.75, 3.05) is 5.32 Å². The lowest BCUT2D eigenvalue weighted by Gasteiger charge is -2.20. The molecule has 35 heavy (non-hydrogen) atoms. The highest BCUT2D eigenvalue weighted by Gasteiger charge is 2.60. The van der Waals surface area contributed by atoms with Crippen molar-refractivity contribution in [3.05, 3.63) is 73.7 Å². The highest BCUT2D eigenvalue weighted by Crippen LogP contribution is 2.43. The summed E-state index contributed by atoms with van der Waals surface area (Å²) in [7, 11) is 0. The van der Waals surface area contributed by atoms with Crippen LogP contribution < -0.4 is 5.32 Å². The van der Waals surface area contributed by atoms with Gasteiger partial charge in [-0.15, -0.1) is 0 Å². The van der Waals surface area contributed by atoms with Gasteiger partial charge in [-0.05, 0) is 46.6 Å². The van der Waals surface area contributed by atoms with Crippen LogP contribution in [0, 0.1) is 6.92 Å². The van der Waals surface area contributed by atoms with Gasteiger partial charge >= 0.3 is 12.1 Å². The highest BCUT2D eigenvalue weighted by atomic mass is 79.9. The van der Waals surface area contributed by atoms with Gasteiger partial charge in [0.2, 0.25) is 0 Å². The Bertz CT molecular complexity index is 1450. The standard InChI is InChI=1S/C20H12BrCl2F5N6O/c1-9-4-15(19(24,25)20(26,27)28)34-16(29-9)6-14(31-34)18(35)30-17-11(21)8-33(32-17)7-10-2-3-12(22)13(23)5-10/h2-6,8H,7H2,1H3,(H,30,32,35). The molecule has 0 saturated heterocycles. The minimum absolute atomic E-state index is 0.0668. The molecule has 0 aliphatic heterocycles. The van der Waals surface area contributed by atoms with Gasteiger partial charge < -0.3 is 5.32 Å². The number of halogens is 8. The first kappa shape index (κ1) is 25.3. The number of amides is 1. The van der Waals surface area contributed by atoms with E-state index in [-0.39, 0.29) is 23.7 Å². The highest BCUT2D eigenvalue weighted by molar-refractivity contribution is 9.10. The van der Waals surface area contributed by atoms with Gasteiger partial charge in [-0.1, -0.05) is 29.3 Å². The van der Waals surface area contributed by atoms with Gasteiger partial charge in [-0.2, -0.15) is 32.1 Å². The number of aryl methyl sites for hydroxylation is 1. The third kappa shape index (κ3) is 4.98. The minimum Gasteiger partial charge on any atom is -0.303 e. The smallest absolute Gasteiger partial charge is 0.303 e. The van der Waals surface area contributed by atoms with Gasteiger partial charge in [0, 0.05) is 18.0 Å². The molecule has 0 aliphatic carbocycles. The number of alkyl halides is 5. The van der Waals surface area contributed by atoms with E-state index in [0.29, 0.717) is 25.1 Å². The maximum Gasteiger partial charge on any atom is 0.459 e. The fourth-order valence-corrected chi connectivity index (χ4v) is 3.87. The number of benzene rings is 1. The zero-order valence-electron chi connectivity index (χ0n) is 17.3. The molecule has 0 saturated carbocycles. The molecule has 0 spiro atoms. The summed E-state index contributed by atoms with van der Waals surface area (Å²) in [5.74, 6) is -6.04. The molecule has 0 atom stereocenters. The van der Waals surface area contributed by atoms with Crippen molar-refractivity contribution in [3.8, 4) is 0 Å². The lowest BCUT2D eigenvalue weighted by molar-refractivity contribution is -0.291. The van der Waals surface area contributed by atoms with Crippen LogP contribution in [0.3, 0.4) is 0 Å². The van der Waals surface area contributed by atoms with Crippen molar-refractivity contribution in [1.29, 1.82) is 0 Å². The molecule has 3 aromatic heterocycles. The van der Waals surface area contributed by atoms with Crippen LogP contribution in [0.15, 0.2) is 41.0 Å². The first-order valence-electron chi connectivity index (χ1n) is 9.57. The molecular formula is C20H12BrCl2F5N6O. The van der Waals surface area contributed by atoms with Crippen molar-refractivity contribution in [2.24, 2.45) is 0 Å². The molecule has 0 bridgehead atoms. The molecule has 0 fully saturated rings. The van der Waals surface area contributed by atoms with E-state index in [1.807, 2.05) is 0 Å². The Hall–Kier alpha value is -2.77. The van der Waals surface area contributed by atoms with E-state index >= 15 is 0 Å². The summed E-state index contributed by atoms with van der Waals surface area (Å²) < 4.78 is 69.2. The lowest BCUT2D eigenvalue weighted by atomic mass is 10.2. The van der Waals surface area contributed by atoms with Crippen molar-refractivity contribution >= 4 is 56.5 Å². The lowest BCUT2D eigenvalue weighted by Crippen LogP contribution is -2.36. The second-order valence-electron chi connectivity index (χ2n) is 7.38. The molecule has 7 nitrogen and oxygen atoms in total. The van der Waals surface area contributed by atoms with E-state index in [2.05, 4.69) is 36.4 Å². The Labute approximate surface area is 212 Å². The summed E-state index contributed by atoms with van der Waals surface area (Å²) in [5, 5.41) is 11.0. The van der Waals surface area contributed by atoms with Crippen LogP contribution in [0.1, 0.15) is 27.4 Å². The Morgan fingerprint density at radius 2 is 1.80 bits per heavy atom. The van der Waals surface area contributed by atoms with Crippen LogP contribution in [0.25, 0.3) is 5.65 Å². The normalized spacial score (nSPS) is 12.4. The first-order chi connectivity index (χ1) is 16.3.